The van der Waals surface area contributed by atoms with Crippen LogP contribution in [0.3, 0.4) is 0 Å². The van der Waals surface area contributed by atoms with Crippen molar-refractivity contribution in [3.05, 3.63) is 34.9 Å². The first kappa shape index (κ1) is 13.1. The van der Waals surface area contributed by atoms with Crippen LogP contribution in [-0.4, -0.2) is 30.6 Å². The Bertz CT molecular complexity index is 438. The number of amides is 1. The van der Waals surface area contributed by atoms with Gasteiger partial charge in [0.2, 0.25) is 5.91 Å². The number of rotatable bonds is 5. The van der Waals surface area contributed by atoms with Gasteiger partial charge in [-0.15, -0.1) is 0 Å². The SMILES string of the molecule is COCC(=O)N(Cc1ccc(C)c(C)c1)C1CC1. The minimum Gasteiger partial charge on any atom is -0.375 e. The molecule has 0 unspecified atom stereocenters. The van der Waals surface area contributed by atoms with E-state index in [-0.39, 0.29) is 12.5 Å². The monoisotopic (exact) mass is 247 g/mol. The molecule has 0 radical (unpaired) electrons. The smallest absolute Gasteiger partial charge is 0.249 e. The van der Waals surface area contributed by atoms with Crippen LogP contribution in [-0.2, 0) is 16.1 Å². The maximum atomic E-state index is 12.0. The molecule has 18 heavy (non-hydrogen) atoms. The van der Waals surface area contributed by atoms with E-state index >= 15 is 0 Å². The van der Waals surface area contributed by atoms with Crippen LogP contribution in [0.5, 0.6) is 0 Å². The summed E-state index contributed by atoms with van der Waals surface area (Å²) in [6.07, 6.45) is 2.25. The molecule has 1 aromatic carbocycles. The average molecular weight is 247 g/mol. The van der Waals surface area contributed by atoms with Crippen molar-refractivity contribution in [1.82, 2.24) is 4.90 Å². The lowest BCUT2D eigenvalue weighted by Gasteiger charge is -2.22. The van der Waals surface area contributed by atoms with Crippen LogP contribution in [0.15, 0.2) is 18.2 Å². The fourth-order valence-corrected chi connectivity index (χ4v) is 2.11. The van der Waals surface area contributed by atoms with E-state index in [2.05, 4.69) is 32.0 Å². The molecular weight excluding hydrogens is 226 g/mol. The first-order chi connectivity index (χ1) is 8.61. The van der Waals surface area contributed by atoms with Gasteiger partial charge >= 0.3 is 0 Å². The zero-order valence-electron chi connectivity index (χ0n) is 11.4. The summed E-state index contributed by atoms with van der Waals surface area (Å²) in [5.41, 5.74) is 3.77. The molecule has 1 aliphatic rings. The van der Waals surface area contributed by atoms with Crippen molar-refractivity contribution in [3.8, 4) is 0 Å². The summed E-state index contributed by atoms with van der Waals surface area (Å²) in [4.78, 5) is 13.9. The zero-order chi connectivity index (χ0) is 13.1. The summed E-state index contributed by atoms with van der Waals surface area (Å²) in [6, 6.07) is 6.83. The molecule has 0 saturated heterocycles. The molecule has 0 aliphatic heterocycles. The molecule has 3 nitrogen and oxygen atoms in total. The lowest BCUT2D eigenvalue weighted by molar-refractivity contribution is -0.136. The Kier molecular flexibility index (Phi) is 4.02. The molecule has 1 saturated carbocycles. The Morgan fingerprint density at radius 3 is 2.61 bits per heavy atom. The second-order valence-electron chi connectivity index (χ2n) is 5.10. The second-order valence-corrected chi connectivity index (χ2v) is 5.10. The maximum absolute atomic E-state index is 12.0. The minimum atomic E-state index is 0.0956. The van der Waals surface area contributed by atoms with Crippen molar-refractivity contribution in [2.75, 3.05) is 13.7 Å². The van der Waals surface area contributed by atoms with Crippen molar-refractivity contribution in [3.63, 3.8) is 0 Å². The highest BCUT2D eigenvalue weighted by atomic mass is 16.5. The molecule has 3 heteroatoms. The highest BCUT2D eigenvalue weighted by Crippen LogP contribution is 2.28. The predicted molar refractivity (Wildman–Crippen MR) is 71.4 cm³/mol. The lowest BCUT2D eigenvalue weighted by atomic mass is 10.1. The number of carbonyl (C=O) groups excluding carboxylic acids is 1. The van der Waals surface area contributed by atoms with Gasteiger partial charge in [-0.1, -0.05) is 18.2 Å². The number of carbonyl (C=O) groups is 1. The van der Waals surface area contributed by atoms with Crippen molar-refractivity contribution < 1.29 is 9.53 Å². The van der Waals surface area contributed by atoms with Crippen LogP contribution in [0.2, 0.25) is 0 Å². The van der Waals surface area contributed by atoms with Crippen molar-refractivity contribution in [2.24, 2.45) is 0 Å². The molecule has 0 aromatic heterocycles. The molecule has 0 N–H and O–H groups in total. The number of hydrogen-bond acceptors (Lipinski definition) is 2. The molecule has 0 heterocycles. The van der Waals surface area contributed by atoms with E-state index in [1.807, 2.05) is 4.90 Å². The van der Waals surface area contributed by atoms with Crippen LogP contribution in [0, 0.1) is 13.8 Å². The van der Waals surface area contributed by atoms with Crippen molar-refractivity contribution >= 4 is 5.91 Å². The maximum Gasteiger partial charge on any atom is 0.249 e. The Morgan fingerprint density at radius 1 is 1.33 bits per heavy atom. The molecule has 0 atom stereocenters. The van der Waals surface area contributed by atoms with Gasteiger partial charge in [0, 0.05) is 19.7 Å². The van der Waals surface area contributed by atoms with Crippen LogP contribution in [0.1, 0.15) is 29.5 Å². The number of benzene rings is 1. The molecule has 1 aromatic rings. The van der Waals surface area contributed by atoms with Gasteiger partial charge in [0.15, 0.2) is 0 Å². The second kappa shape index (κ2) is 5.53. The highest BCUT2D eigenvalue weighted by molar-refractivity contribution is 5.78. The average Bonchev–Trinajstić information content (AvgIpc) is 3.15. The lowest BCUT2D eigenvalue weighted by Crippen LogP contribution is -2.35. The van der Waals surface area contributed by atoms with E-state index in [0.717, 1.165) is 12.8 Å². The Morgan fingerprint density at radius 2 is 2.06 bits per heavy atom. The molecular formula is C15H21NO2. The molecule has 1 amide bonds. The van der Waals surface area contributed by atoms with Gasteiger partial charge in [-0.3, -0.25) is 4.79 Å². The standard InChI is InChI=1S/C15H21NO2/c1-11-4-5-13(8-12(11)2)9-16(14-6-7-14)15(17)10-18-3/h4-5,8,14H,6-7,9-10H2,1-3H3. The summed E-state index contributed by atoms with van der Waals surface area (Å²) < 4.78 is 4.95. The van der Waals surface area contributed by atoms with Gasteiger partial charge in [0.05, 0.1) is 0 Å². The van der Waals surface area contributed by atoms with Crippen molar-refractivity contribution in [1.29, 1.82) is 0 Å². The van der Waals surface area contributed by atoms with E-state index in [4.69, 9.17) is 4.74 Å². The molecule has 1 fully saturated rings. The first-order valence-electron chi connectivity index (χ1n) is 6.46. The largest absolute Gasteiger partial charge is 0.375 e. The third kappa shape index (κ3) is 3.10. The highest BCUT2D eigenvalue weighted by Gasteiger charge is 2.32. The van der Waals surface area contributed by atoms with Crippen LogP contribution in [0.4, 0.5) is 0 Å². The van der Waals surface area contributed by atoms with E-state index < -0.39 is 0 Å². The van der Waals surface area contributed by atoms with Crippen LogP contribution >= 0.6 is 0 Å². The third-order valence-corrected chi connectivity index (χ3v) is 3.50. The van der Waals surface area contributed by atoms with E-state index in [1.165, 1.54) is 16.7 Å². The van der Waals surface area contributed by atoms with Gasteiger partial charge in [-0.2, -0.15) is 0 Å². The van der Waals surface area contributed by atoms with Gasteiger partial charge in [-0.05, 0) is 43.4 Å². The van der Waals surface area contributed by atoms with E-state index in [9.17, 15) is 4.79 Å². The minimum absolute atomic E-state index is 0.0956. The Labute approximate surface area is 109 Å². The summed E-state index contributed by atoms with van der Waals surface area (Å²) in [7, 11) is 1.57. The summed E-state index contributed by atoms with van der Waals surface area (Å²) in [5, 5.41) is 0. The quantitative estimate of drug-likeness (QED) is 0.800. The van der Waals surface area contributed by atoms with Gasteiger partial charge in [-0.25, -0.2) is 0 Å². The topological polar surface area (TPSA) is 29.5 Å². The number of aryl methyl sites for hydroxylation is 2. The predicted octanol–water partition coefficient (Wildman–Crippen LogP) is 2.44. The zero-order valence-corrected chi connectivity index (χ0v) is 11.4. The molecule has 0 bridgehead atoms. The first-order valence-corrected chi connectivity index (χ1v) is 6.46. The van der Waals surface area contributed by atoms with Gasteiger partial charge in [0.1, 0.15) is 6.61 Å². The number of hydrogen-bond donors (Lipinski definition) is 0. The molecule has 98 valence electrons. The van der Waals surface area contributed by atoms with Gasteiger partial charge < -0.3 is 9.64 Å². The third-order valence-electron chi connectivity index (χ3n) is 3.50. The van der Waals surface area contributed by atoms with Crippen molar-refractivity contribution in [2.45, 2.75) is 39.3 Å². The fourth-order valence-electron chi connectivity index (χ4n) is 2.11. The van der Waals surface area contributed by atoms with Gasteiger partial charge in [0.25, 0.3) is 0 Å². The Balaban J connectivity index is 2.08. The molecule has 1 aliphatic carbocycles. The normalized spacial score (nSPS) is 14.6. The molecule has 2 rings (SSSR count). The summed E-state index contributed by atoms with van der Waals surface area (Å²) >= 11 is 0. The summed E-state index contributed by atoms with van der Waals surface area (Å²) in [6.45, 7) is 5.10. The van der Waals surface area contributed by atoms with E-state index in [1.54, 1.807) is 7.11 Å². The number of methoxy groups -OCH3 is 1. The Hall–Kier alpha value is -1.35. The number of nitrogens with zero attached hydrogens (tertiary/aromatic N) is 1. The number of ether oxygens (including phenoxy) is 1. The molecule has 0 spiro atoms. The van der Waals surface area contributed by atoms with Crippen LogP contribution < -0.4 is 0 Å². The summed E-state index contributed by atoms with van der Waals surface area (Å²) in [5.74, 6) is 0.0956. The van der Waals surface area contributed by atoms with Crippen LogP contribution in [0.25, 0.3) is 0 Å². The van der Waals surface area contributed by atoms with E-state index in [0.29, 0.717) is 12.6 Å². The fraction of sp³-hybridized carbons (Fsp3) is 0.533.